The lowest BCUT2D eigenvalue weighted by Crippen LogP contribution is -2.51. The monoisotopic (exact) mass is 464 g/mol. The van der Waals surface area contributed by atoms with E-state index in [1.54, 1.807) is 0 Å². The molecule has 3 rings (SSSR count). The number of hydrogen-bond donors (Lipinski definition) is 3. The first-order chi connectivity index (χ1) is 11.6. The quantitative estimate of drug-likeness (QED) is 0.364. The number of halogens is 3. The van der Waals surface area contributed by atoms with Crippen molar-refractivity contribution in [1.29, 1.82) is 0 Å². The average molecular weight is 464 g/mol. The van der Waals surface area contributed by atoms with Crippen LogP contribution in [0.25, 0.3) is 0 Å². The summed E-state index contributed by atoms with van der Waals surface area (Å²) in [4.78, 5) is 15.6. The van der Waals surface area contributed by atoms with Crippen LogP contribution in [0.4, 0.5) is 8.78 Å². The van der Waals surface area contributed by atoms with Crippen molar-refractivity contribution >= 4 is 35.8 Å². The number of carbonyl (C=O) groups is 1. The van der Waals surface area contributed by atoms with Gasteiger partial charge in [0.2, 0.25) is 5.91 Å². The second kappa shape index (κ2) is 8.77. The Labute approximate surface area is 163 Å². The summed E-state index contributed by atoms with van der Waals surface area (Å²) in [6, 6.07) is 4.03. The summed E-state index contributed by atoms with van der Waals surface area (Å²) in [6.45, 7) is 3.08. The smallest absolute Gasteiger partial charge is 0.220 e. The number of nitrogens with zero attached hydrogens (tertiary/aromatic N) is 1. The van der Waals surface area contributed by atoms with Gasteiger partial charge in [0.05, 0.1) is 0 Å². The molecule has 3 N–H and O–H groups in total. The van der Waals surface area contributed by atoms with Crippen molar-refractivity contribution in [3.05, 3.63) is 35.4 Å². The summed E-state index contributed by atoms with van der Waals surface area (Å²) in [7, 11) is 0. The summed E-state index contributed by atoms with van der Waals surface area (Å²) in [5.41, 5.74) is 0.149. The van der Waals surface area contributed by atoms with Crippen molar-refractivity contribution in [3.63, 3.8) is 0 Å². The zero-order valence-electron chi connectivity index (χ0n) is 14.0. The van der Waals surface area contributed by atoms with Crippen LogP contribution < -0.4 is 16.0 Å². The van der Waals surface area contributed by atoms with Gasteiger partial charge in [0.15, 0.2) is 5.96 Å². The average Bonchev–Trinajstić information content (AvgIpc) is 3.28. The molecule has 1 aromatic rings. The zero-order valence-corrected chi connectivity index (χ0v) is 16.3. The second-order valence-electron chi connectivity index (χ2n) is 6.24. The van der Waals surface area contributed by atoms with Crippen molar-refractivity contribution in [2.75, 3.05) is 13.1 Å². The van der Waals surface area contributed by atoms with Crippen LogP contribution >= 0.6 is 24.0 Å². The Morgan fingerprint density at radius 3 is 2.64 bits per heavy atom. The fourth-order valence-corrected chi connectivity index (χ4v) is 3.05. The standard InChI is InChI=1S/C17H22F2N4O.HI/c1-2-20-17(22-10-6-7-15(24)21-9-10)23-14-8-11(14)16-12(18)4-3-5-13(16)19;/h3-5,10-11,14H,2,6-9H2,1H3,(H,21,24)(H2,20,22,23);1H. The van der Waals surface area contributed by atoms with Gasteiger partial charge in [-0.05, 0) is 31.9 Å². The van der Waals surface area contributed by atoms with E-state index in [9.17, 15) is 13.6 Å². The predicted molar refractivity (Wildman–Crippen MR) is 103 cm³/mol. The summed E-state index contributed by atoms with van der Waals surface area (Å²) in [6.07, 6.45) is 1.90. The molecule has 1 aliphatic carbocycles. The lowest BCUT2D eigenvalue weighted by atomic mass is 10.1. The van der Waals surface area contributed by atoms with Gasteiger partial charge in [-0.15, -0.1) is 24.0 Å². The van der Waals surface area contributed by atoms with Gasteiger partial charge in [-0.25, -0.2) is 8.78 Å². The first-order valence-electron chi connectivity index (χ1n) is 8.36. The number of carbonyl (C=O) groups excluding carboxylic acids is 1. The Kier molecular flexibility index (Phi) is 6.97. The summed E-state index contributed by atoms with van der Waals surface area (Å²) in [5.74, 6) is -0.487. The molecule has 3 unspecified atom stereocenters. The van der Waals surface area contributed by atoms with E-state index in [-0.39, 0.29) is 53.4 Å². The van der Waals surface area contributed by atoms with Crippen LogP contribution in [0.5, 0.6) is 0 Å². The molecular formula is C17H23F2IN4O. The lowest BCUT2D eigenvalue weighted by Gasteiger charge is -2.25. The number of aliphatic imine (C=N–C) groups is 1. The zero-order chi connectivity index (χ0) is 17.1. The minimum absolute atomic E-state index is 0. The predicted octanol–water partition coefficient (Wildman–Crippen LogP) is 2.27. The molecule has 0 aromatic heterocycles. The third-order valence-corrected chi connectivity index (χ3v) is 4.41. The molecule has 1 aromatic carbocycles. The van der Waals surface area contributed by atoms with E-state index < -0.39 is 11.6 Å². The van der Waals surface area contributed by atoms with Crippen LogP contribution in [-0.4, -0.2) is 37.0 Å². The maximum absolute atomic E-state index is 13.9. The van der Waals surface area contributed by atoms with Gasteiger partial charge in [-0.3, -0.25) is 9.79 Å². The molecule has 1 aliphatic heterocycles. The normalized spacial score (nSPS) is 25.6. The third-order valence-electron chi connectivity index (χ3n) is 4.41. The number of piperidine rings is 1. The third kappa shape index (κ3) is 5.02. The van der Waals surface area contributed by atoms with Crippen LogP contribution in [0.3, 0.4) is 0 Å². The highest BCUT2D eigenvalue weighted by Gasteiger charge is 2.42. The molecule has 2 fully saturated rings. The van der Waals surface area contributed by atoms with Crippen molar-refractivity contribution in [3.8, 4) is 0 Å². The lowest BCUT2D eigenvalue weighted by molar-refractivity contribution is -0.122. The first-order valence-corrected chi connectivity index (χ1v) is 8.36. The minimum Gasteiger partial charge on any atom is -0.354 e. The Morgan fingerprint density at radius 2 is 2.04 bits per heavy atom. The van der Waals surface area contributed by atoms with Crippen LogP contribution in [0.1, 0.15) is 37.7 Å². The van der Waals surface area contributed by atoms with Gasteiger partial charge in [0.25, 0.3) is 0 Å². The SMILES string of the molecule is CCN=C(NC1CCC(=O)NC1)NC1CC1c1c(F)cccc1F.I. The molecule has 1 heterocycles. The Bertz CT molecular complexity index is 625. The molecule has 1 amide bonds. The molecule has 0 spiro atoms. The van der Waals surface area contributed by atoms with E-state index >= 15 is 0 Å². The summed E-state index contributed by atoms with van der Waals surface area (Å²) in [5, 5.41) is 9.35. The molecule has 1 saturated heterocycles. The van der Waals surface area contributed by atoms with Crippen LogP contribution in [-0.2, 0) is 4.79 Å². The highest BCUT2D eigenvalue weighted by molar-refractivity contribution is 14.0. The molecule has 1 saturated carbocycles. The molecule has 2 aliphatic rings. The van der Waals surface area contributed by atoms with E-state index in [4.69, 9.17) is 0 Å². The van der Waals surface area contributed by atoms with E-state index in [1.807, 2.05) is 6.92 Å². The number of benzene rings is 1. The maximum Gasteiger partial charge on any atom is 0.220 e. The fraction of sp³-hybridized carbons (Fsp3) is 0.529. The van der Waals surface area contributed by atoms with E-state index in [0.29, 0.717) is 31.9 Å². The number of guanidine groups is 1. The Balaban J connectivity index is 0.00000225. The van der Waals surface area contributed by atoms with Crippen molar-refractivity contribution in [2.45, 2.75) is 44.2 Å². The molecule has 0 radical (unpaired) electrons. The van der Waals surface area contributed by atoms with Gasteiger partial charge in [0, 0.05) is 43.1 Å². The van der Waals surface area contributed by atoms with Crippen molar-refractivity contribution in [1.82, 2.24) is 16.0 Å². The molecule has 8 heteroatoms. The van der Waals surface area contributed by atoms with Crippen LogP contribution in [0, 0.1) is 11.6 Å². The number of nitrogens with one attached hydrogen (secondary N) is 3. The number of amides is 1. The van der Waals surface area contributed by atoms with Crippen LogP contribution in [0.2, 0.25) is 0 Å². The number of hydrogen-bond acceptors (Lipinski definition) is 2. The molecule has 5 nitrogen and oxygen atoms in total. The summed E-state index contributed by atoms with van der Waals surface area (Å²) < 4.78 is 27.7. The van der Waals surface area contributed by atoms with Gasteiger partial charge < -0.3 is 16.0 Å². The molecule has 3 atom stereocenters. The molecular weight excluding hydrogens is 441 g/mol. The molecule has 0 bridgehead atoms. The second-order valence-corrected chi connectivity index (χ2v) is 6.24. The van der Waals surface area contributed by atoms with E-state index in [0.717, 1.165) is 6.42 Å². The van der Waals surface area contributed by atoms with Gasteiger partial charge in [0.1, 0.15) is 11.6 Å². The first kappa shape index (κ1) is 19.9. The number of rotatable bonds is 4. The molecule has 25 heavy (non-hydrogen) atoms. The van der Waals surface area contributed by atoms with Crippen molar-refractivity contribution in [2.24, 2.45) is 4.99 Å². The van der Waals surface area contributed by atoms with Crippen molar-refractivity contribution < 1.29 is 13.6 Å². The largest absolute Gasteiger partial charge is 0.354 e. The van der Waals surface area contributed by atoms with E-state index in [1.165, 1.54) is 18.2 Å². The highest BCUT2D eigenvalue weighted by Crippen LogP contribution is 2.43. The van der Waals surface area contributed by atoms with E-state index in [2.05, 4.69) is 20.9 Å². The van der Waals surface area contributed by atoms with Gasteiger partial charge >= 0.3 is 0 Å². The molecule has 138 valence electrons. The van der Waals surface area contributed by atoms with Gasteiger partial charge in [-0.1, -0.05) is 6.07 Å². The van der Waals surface area contributed by atoms with Gasteiger partial charge in [-0.2, -0.15) is 0 Å². The Hall–Kier alpha value is -1.45. The maximum atomic E-state index is 13.9. The summed E-state index contributed by atoms with van der Waals surface area (Å²) >= 11 is 0. The Morgan fingerprint density at radius 1 is 1.32 bits per heavy atom. The minimum atomic E-state index is -0.499. The highest BCUT2D eigenvalue weighted by atomic mass is 127. The van der Waals surface area contributed by atoms with Crippen LogP contribution in [0.15, 0.2) is 23.2 Å². The fourth-order valence-electron chi connectivity index (χ4n) is 3.05. The topological polar surface area (TPSA) is 65.5 Å².